The third-order valence-corrected chi connectivity index (χ3v) is 6.85. The van der Waals surface area contributed by atoms with E-state index in [4.69, 9.17) is 19.3 Å². The largest absolute Gasteiger partial charge is 1.00 e. The summed E-state index contributed by atoms with van der Waals surface area (Å²) in [6.45, 7) is 10.0. The Hall–Kier alpha value is -2.55. The molecule has 2 unspecified atom stereocenters. The fraction of sp³-hybridized carbons (Fsp3) is 0.531. The van der Waals surface area contributed by atoms with Gasteiger partial charge in [0.25, 0.3) is 0 Å². The first-order chi connectivity index (χ1) is 18.9. The van der Waals surface area contributed by atoms with Crippen molar-refractivity contribution < 1.29 is 63.3 Å². The molecule has 2 rings (SSSR count). The van der Waals surface area contributed by atoms with Crippen molar-refractivity contribution in [3.05, 3.63) is 58.4 Å². The van der Waals surface area contributed by atoms with Gasteiger partial charge in [0.1, 0.15) is 6.10 Å². The van der Waals surface area contributed by atoms with Crippen molar-refractivity contribution in [2.75, 3.05) is 14.2 Å². The van der Waals surface area contributed by atoms with Crippen molar-refractivity contribution >= 4 is 23.5 Å². The van der Waals surface area contributed by atoms with Crippen LogP contribution in [0.5, 0.6) is 11.5 Å². The van der Waals surface area contributed by atoms with Crippen molar-refractivity contribution in [1.82, 2.24) is 0 Å². The predicted octanol–water partition coefficient (Wildman–Crippen LogP) is 4.76. The van der Waals surface area contributed by atoms with Gasteiger partial charge in [0.15, 0.2) is 11.5 Å². The number of esters is 1. The minimum absolute atomic E-state index is 0. The Morgan fingerprint density at radius 2 is 1.71 bits per heavy atom. The topological polar surface area (TPSA) is 113 Å². The first kappa shape index (κ1) is 36.5. The van der Waals surface area contributed by atoms with Crippen LogP contribution in [0.15, 0.2) is 36.4 Å². The standard InChI is InChI=1S/C32H45NO7.Na/c1-8-9-10-12-23(24-13-11-14-27(38-6)31(24)39-7)20-28(34)33-26-19-22(15-16-25(26)32(3,4)5)21(2)40-30(37)18-17-29(35)36;/h11,13-16,19,21,23H,8-10,12,17-18,20H2,1-7H3,(H2,33,34,35,36);/q;+1/p-1. The van der Waals surface area contributed by atoms with Gasteiger partial charge in [-0.25, -0.2) is 0 Å². The van der Waals surface area contributed by atoms with Crippen molar-refractivity contribution in [1.29, 1.82) is 0 Å². The minimum atomic E-state index is -1.06. The van der Waals surface area contributed by atoms with E-state index in [9.17, 15) is 14.4 Å². The molecule has 0 fully saturated rings. The summed E-state index contributed by atoms with van der Waals surface area (Å²) >= 11 is 0. The summed E-state index contributed by atoms with van der Waals surface area (Å²) in [7, 11) is 3.20. The first-order valence-electron chi connectivity index (χ1n) is 13.9. The maximum Gasteiger partial charge on any atom is 1.00 e. The summed E-state index contributed by atoms with van der Waals surface area (Å²) in [4.78, 5) is 36.4. The number of hydrogen-bond acceptors (Lipinski definition) is 6. The molecule has 0 bridgehead atoms. The van der Waals surface area contributed by atoms with Gasteiger partial charge in [0.2, 0.25) is 0 Å². The van der Waals surface area contributed by atoms with Crippen LogP contribution in [0, 0.1) is 0 Å². The SMILES string of the molecule is CCCCCC(CC(=O)[N-]c1cc(C(C)OC(=O)CCC(=O)O)ccc1C(C)(C)C)c1cccc(OC)c1OC.[Na+]. The number of carboxylic acid groups (broad SMARTS) is 1. The van der Waals surface area contributed by atoms with Crippen LogP contribution in [0.4, 0.5) is 5.69 Å². The third kappa shape index (κ3) is 11.3. The third-order valence-electron chi connectivity index (χ3n) is 6.85. The normalized spacial score (nSPS) is 12.5. The predicted molar refractivity (Wildman–Crippen MR) is 156 cm³/mol. The van der Waals surface area contributed by atoms with Crippen molar-refractivity contribution in [3.8, 4) is 11.5 Å². The van der Waals surface area contributed by atoms with Crippen LogP contribution < -0.4 is 39.0 Å². The zero-order valence-electron chi connectivity index (χ0n) is 25.9. The van der Waals surface area contributed by atoms with Crippen LogP contribution in [0.1, 0.15) is 108 Å². The van der Waals surface area contributed by atoms with Gasteiger partial charge in [-0.15, -0.1) is 5.69 Å². The summed E-state index contributed by atoms with van der Waals surface area (Å²) in [6.07, 6.45) is 3.01. The van der Waals surface area contributed by atoms with E-state index < -0.39 is 18.0 Å². The Labute approximate surface area is 266 Å². The molecule has 2 aromatic carbocycles. The number of methoxy groups -OCH3 is 2. The second kappa shape index (κ2) is 17.4. The number of carbonyl (C=O) groups is 3. The number of aliphatic carboxylic acids is 1. The zero-order chi connectivity index (χ0) is 29.9. The van der Waals surface area contributed by atoms with E-state index in [-0.39, 0.29) is 66.1 Å². The number of rotatable bonds is 15. The summed E-state index contributed by atoms with van der Waals surface area (Å²) in [5, 5.41) is 13.4. The van der Waals surface area contributed by atoms with Crippen molar-refractivity contribution in [3.63, 3.8) is 0 Å². The van der Waals surface area contributed by atoms with E-state index in [1.54, 1.807) is 27.2 Å². The molecule has 0 saturated carbocycles. The second-order valence-corrected chi connectivity index (χ2v) is 11.0. The average molecular weight is 578 g/mol. The molecule has 0 aromatic heterocycles. The van der Waals surface area contributed by atoms with Crippen molar-refractivity contribution in [2.45, 2.75) is 97.0 Å². The molecule has 0 heterocycles. The number of para-hydroxylation sites is 1. The molecule has 41 heavy (non-hydrogen) atoms. The molecule has 0 aliphatic rings. The molecule has 9 heteroatoms. The minimum Gasteiger partial charge on any atom is -0.627 e. The quantitative estimate of drug-likeness (QED) is 0.184. The number of ether oxygens (including phenoxy) is 3. The number of nitrogens with zero attached hydrogens (tertiary/aromatic N) is 1. The molecular weight excluding hydrogens is 533 g/mol. The molecule has 2 atom stereocenters. The molecule has 220 valence electrons. The van der Waals surface area contributed by atoms with Gasteiger partial charge in [-0.2, -0.15) is 0 Å². The van der Waals surface area contributed by atoms with Crippen LogP contribution in [-0.4, -0.2) is 37.2 Å². The number of carbonyl (C=O) groups excluding carboxylic acids is 2. The van der Waals surface area contributed by atoms with E-state index in [0.717, 1.165) is 36.8 Å². The number of carboxylic acids is 1. The molecule has 8 nitrogen and oxygen atoms in total. The molecule has 0 radical (unpaired) electrons. The van der Waals surface area contributed by atoms with Crippen LogP contribution in [0.3, 0.4) is 0 Å². The Morgan fingerprint density at radius 1 is 1.00 bits per heavy atom. The Bertz CT molecular complexity index is 1160. The molecule has 1 N–H and O–H groups in total. The maximum atomic E-state index is 13.5. The van der Waals surface area contributed by atoms with E-state index >= 15 is 0 Å². The molecule has 1 amide bonds. The second-order valence-electron chi connectivity index (χ2n) is 11.0. The van der Waals surface area contributed by atoms with Gasteiger partial charge < -0.3 is 29.4 Å². The number of amides is 1. The summed E-state index contributed by atoms with van der Waals surface area (Å²) in [5.41, 5.74) is 2.75. The molecule has 0 saturated heterocycles. The van der Waals surface area contributed by atoms with Gasteiger partial charge in [0.05, 0.1) is 33.0 Å². The van der Waals surface area contributed by atoms with Crippen LogP contribution in [-0.2, 0) is 24.5 Å². The Kier molecular flexibility index (Phi) is 15.5. The Balaban J connectivity index is 0.00000840. The van der Waals surface area contributed by atoms with Crippen LogP contribution in [0.2, 0.25) is 0 Å². The van der Waals surface area contributed by atoms with E-state index in [2.05, 4.69) is 33.0 Å². The number of hydrogen-bond donors (Lipinski definition) is 1. The Morgan fingerprint density at radius 3 is 2.29 bits per heavy atom. The van der Waals surface area contributed by atoms with Gasteiger partial charge in [-0.05, 0) is 42.7 Å². The van der Waals surface area contributed by atoms with Gasteiger partial charge >= 0.3 is 41.5 Å². The summed E-state index contributed by atoms with van der Waals surface area (Å²) < 4.78 is 16.6. The molecule has 0 spiro atoms. The fourth-order valence-corrected chi connectivity index (χ4v) is 4.69. The molecule has 2 aromatic rings. The summed E-state index contributed by atoms with van der Waals surface area (Å²) in [6, 6.07) is 11.3. The number of unbranched alkanes of at least 4 members (excludes halogenated alkanes) is 2. The van der Waals surface area contributed by atoms with Crippen LogP contribution in [0.25, 0.3) is 5.32 Å². The summed E-state index contributed by atoms with van der Waals surface area (Å²) in [5.74, 6) is -0.733. The van der Waals surface area contributed by atoms with Gasteiger partial charge in [-0.1, -0.05) is 82.9 Å². The van der Waals surface area contributed by atoms with E-state index in [0.29, 0.717) is 22.7 Å². The van der Waals surface area contributed by atoms with Gasteiger partial charge in [0, 0.05) is 5.56 Å². The van der Waals surface area contributed by atoms with Crippen LogP contribution >= 0.6 is 0 Å². The maximum absolute atomic E-state index is 13.5. The molecule has 0 aliphatic carbocycles. The fourth-order valence-electron chi connectivity index (χ4n) is 4.69. The monoisotopic (exact) mass is 577 g/mol. The molecular formula is C32H44NNaO7. The molecule has 0 aliphatic heterocycles. The van der Waals surface area contributed by atoms with Gasteiger partial charge in [-0.3, -0.25) is 9.59 Å². The zero-order valence-corrected chi connectivity index (χ0v) is 27.9. The van der Waals surface area contributed by atoms with E-state index in [1.165, 1.54) is 0 Å². The van der Waals surface area contributed by atoms with Crippen molar-refractivity contribution in [2.24, 2.45) is 0 Å². The first-order valence-corrected chi connectivity index (χ1v) is 13.9. The number of benzene rings is 2. The van der Waals surface area contributed by atoms with E-state index in [1.807, 2.05) is 30.3 Å². The average Bonchev–Trinajstić information content (AvgIpc) is 2.90. The smallest absolute Gasteiger partial charge is 0.627 e.